The summed E-state index contributed by atoms with van der Waals surface area (Å²) in [7, 11) is 0. The van der Waals surface area contributed by atoms with Crippen LogP contribution in [0.2, 0.25) is 0 Å². The molecule has 0 saturated carbocycles. The Balaban J connectivity index is 3.18. The maximum atomic E-state index is 11.7. The van der Waals surface area contributed by atoms with Crippen molar-refractivity contribution in [2.24, 2.45) is 0 Å². The van der Waals surface area contributed by atoms with Gasteiger partial charge >= 0.3 is 5.97 Å². The molecule has 0 fully saturated rings. The Morgan fingerprint density at radius 2 is 2.12 bits per heavy atom. The molecule has 0 spiro atoms. The summed E-state index contributed by atoms with van der Waals surface area (Å²) in [6.45, 7) is 8.23. The van der Waals surface area contributed by atoms with Gasteiger partial charge in [-0.05, 0) is 20.3 Å². The van der Waals surface area contributed by atoms with E-state index in [1.807, 2.05) is 11.5 Å². The van der Waals surface area contributed by atoms with E-state index >= 15 is 0 Å². The Hall–Kier alpha value is -1.52. The van der Waals surface area contributed by atoms with E-state index in [2.05, 4.69) is 18.8 Å². The number of aryl methyl sites for hydroxylation is 1. The van der Waals surface area contributed by atoms with Gasteiger partial charge in [0, 0.05) is 12.5 Å². The number of aromatic nitrogens is 2. The van der Waals surface area contributed by atoms with Gasteiger partial charge in [0.15, 0.2) is 5.69 Å². The third-order valence-electron chi connectivity index (χ3n) is 2.84. The summed E-state index contributed by atoms with van der Waals surface area (Å²) in [4.78, 5) is 16.0. The van der Waals surface area contributed by atoms with Gasteiger partial charge in [0.1, 0.15) is 11.6 Å². The first-order chi connectivity index (χ1) is 8.06. The zero-order valence-electron chi connectivity index (χ0n) is 11.0. The van der Waals surface area contributed by atoms with Crippen LogP contribution in [0.25, 0.3) is 0 Å². The van der Waals surface area contributed by atoms with Crippen LogP contribution in [0.5, 0.6) is 0 Å². The smallest absolute Gasteiger partial charge is 0.360 e. The number of nitrogens with zero attached hydrogens (tertiary/aromatic N) is 2. The molecule has 1 atom stereocenters. The van der Waals surface area contributed by atoms with Crippen molar-refractivity contribution in [1.29, 1.82) is 0 Å². The van der Waals surface area contributed by atoms with Gasteiger partial charge in [0.25, 0.3) is 0 Å². The number of hydrogen-bond donors (Lipinski definition) is 1. The summed E-state index contributed by atoms with van der Waals surface area (Å²) in [5.41, 5.74) is 6.23. The standard InChI is InChI=1S/C12H21N3O2/c1-5-8(4)15-9(6-2)14-10(11(15)13)12(16)17-7-3/h8H,5-7,13H2,1-4H3. The number of esters is 1. The third kappa shape index (κ3) is 2.60. The predicted octanol–water partition coefficient (Wildman–Crippen LogP) is 2.18. The SMILES string of the molecule is CCOC(=O)c1nc(CC)n(C(C)CC)c1N. The maximum Gasteiger partial charge on any atom is 0.360 e. The number of ether oxygens (including phenoxy) is 1. The first-order valence-corrected chi connectivity index (χ1v) is 6.10. The average molecular weight is 239 g/mol. The van der Waals surface area contributed by atoms with Gasteiger partial charge in [-0.25, -0.2) is 9.78 Å². The number of nitrogen functional groups attached to an aromatic ring is 1. The topological polar surface area (TPSA) is 70.1 Å². The summed E-state index contributed by atoms with van der Waals surface area (Å²) < 4.78 is 6.86. The molecular weight excluding hydrogens is 218 g/mol. The number of hydrogen-bond acceptors (Lipinski definition) is 4. The molecule has 5 nitrogen and oxygen atoms in total. The van der Waals surface area contributed by atoms with Gasteiger partial charge in [-0.2, -0.15) is 0 Å². The molecular formula is C12H21N3O2. The Bertz CT molecular complexity index is 399. The number of anilines is 1. The minimum atomic E-state index is -0.443. The molecule has 0 bridgehead atoms. The quantitative estimate of drug-likeness (QED) is 0.799. The van der Waals surface area contributed by atoms with Crippen molar-refractivity contribution in [3.63, 3.8) is 0 Å². The zero-order valence-corrected chi connectivity index (χ0v) is 11.0. The lowest BCUT2D eigenvalue weighted by Crippen LogP contribution is -2.13. The lowest BCUT2D eigenvalue weighted by molar-refractivity contribution is 0.0521. The largest absolute Gasteiger partial charge is 0.461 e. The van der Waals surface area contributed by atoms with E-state index in [1.54, 1.807) is 6.92 Å². The van der Waals surface area contributed by atoms with Crippen LogP contribution in [0.4, 0.5) is 5.82 Å². The van der Waals surface area contributed by atoms with Crippen LogP contribution in [0.1, 0.15) is 56.5 Å². The van der Waals surface area contributed by atoms with E-state index in [0.717, 1.165) is 18.7 Å². The second kappa shape index (κ2) is 5.70. The molecule has 1 unspecified atom stereocenters. The number of nitrogens with two attached hydrogens (primary N) is 1. The minimum absolute atomic E-state index is 0.237. The fraction of sp³-hybridized carbons (Fsp3) is 0.667. The first kappa shape index (κ1) is 13.5. The normalized spacial score (nSPS) is 12.5. The monoisotopic (exact) mass is 239 g/mol. The number of rotatable bonds is 5. The number of imidazole rings is 1. The molecule has 1 aromatic heterocycles. The molecule has 0 amide bonds. The van der Waals surface area contributed by atoms with Gasteiger partial charge in [-0.1, -0.05) is 13.8 Å². The molecule has 1 aromatic rings. The van der Waals surface area contributed by atoms with Crippen molar-refractivity contribution in [2.45, 2.75) is 46.6 Å². The second-order valence-electron chi connectivity index (χ2n) is 3.96. The zero-order chi connectivity index (χ0) is 13.0. The van der Waals surface area contributed by atoms with E-state index < -0.39 is 5.97 Å². The highest BCUT2D eigenvalue weighted by Gasteiger charge is 2.22. The van der Waals surface area contributed by atoms with Crippen molar-refractivity contribution >= 4 is 11.8 Å². The first-order valence-electron chi connectivity index (χ1n) is 6.10. The molecule has 0 saturated heterocycles. The Kier molecular flexibility index (Phi) is 4.54. The predicted molar refractivity (Wildman–Crippen MR) is 67.0 cm³/mol. The van der Waals surface area contributed by atoms with E-state index in [4.69, 9.17) is 10.5 Å². The summed E-state index contributed by atoms with van der Waals surface area (Å²) in [6.07, 6.45) is 1.68. The molecule has 96 valence electrons. The molecule has 5 heteroatoms. The Morgan fingerprint density at radius 3 is 2.59 bits per heavy atom. The van der Waals surface area contributed by atoms with E-state index in [9.17, 15) is 4.79 Å². The average Bonchev–Trinajstić information content (AvgIpc) is 2.65. The highest BCUT2D eigenvalue weighted by Crippen LogP contribution is 2.23. The van der Waals surface area contributed by atoms with Gasteiger partial charge in [0.05, 0.1) is 6.61 Å². The Morgan fingerprint density at radius 1 is 1.47 bits per heavy atom. The molecule has 17 heavy (non-hydrogen) atoms. The molecule has 0 aliphatic rings. The summed E-state index contributed by atoms with van der Waals surface area (Å²) >= 11 is 0. The van der Waals surface area contributed by atoms with Crippen LogP contribution < -0.4 is 5.73 Å². The van der Waals surface area contributed by atoms with Crippen LogP contribution in [-0.4, -0.2) is 22.1 Å². The molecule has 0 aliphatic heterocycles. The van der Waals surface area contributed by atoms with Crippen molar-refractivity contribution in [2.75, 3.05) is 12.3 Å². The molecule has 0 aromatic carbocycles. The van der Waals surface area contributed by atoms with Crippen molar-refractivity contribution < 1.29 is 9.53 Å². The summed E-state index contributed by atoms with van der Waals surface area (Å²) in [5.74, 6) is 0.802. The van der Waals surface area contributed by atoms with Crippen molar-refractivity contribution in [3.8, 4) is 0 Å². The van der Waals surface area contributed by atoms with E-state index in [0.29, 0.717) is 12.4 Å². The molecule has 0 radical (unpaired) electrons. The van der Waals surface area contributed by atoms with Gasteiger partial charge in [-0.15, -0.1) is 0 Å². The lowest BCUT2D eigenvalue weighted by atomic mass is 10.2. The molecule has 1 heterocycles. The van der Waals surface area contributed by atoms with Gasteiger partial charge < -0.3 is 15.0 Å². The van der Waals surface area contributed by atoms with Crippen LogP contribution in [-0.2, 0) is 11.2 Å². The van der Waals surface area contributed by atoms with Crippen LogP contribution >= 0.6 is 0 Å². The second-order valence-corrected chi connectivity index (χ2v) is 3.96. The van der Waals surface area contributed by atoms with Crippen LogP contribution in [0.15, 0.2) is 0 Å². The minimum Gasteiger partial charge on any atom is -0.461 e. The Labute approximate surface area is 102 Å². The van der Waals surface area contributed by atoms with Gasteiger partial charge in [0.2, 0.25) is 0 Å². The number of carbonyl (C=O) groups excluding carboxylic acids is 1. The van der Waals surface area contributed by atoms with E-state index in [-0.39, 0.29) is 11.7 Å². The lowest BCUT2D eigenvalue weighted by Gasteiger charge is -2.15. The van der Waals surface area contributed by atoms with Crippen LogP contribution in [0.3, 0.4) is 0 Å². The molecule has 0 aliphatic carbocycles. The van der Waals surface area contributed by atoms with Gasteiger partial charge in [-0.3, -0.25) is 0 Å². The number of carbonyl (C=O) groups is 1. The summed E-state index contributed by atoms with van der Waals surface area (Å²) in [6, 6.07) is 0.237. The summed E-state index contributed by atoms with van der Waals surface area (Å²) in [5, 5.41) is 0. The fourth-order valence-electron chi connectivity index (χ4n) is 1.77. The van der Waals surface area contributed by atoms with E-state index in [1.165, 1.54) is 0 Å². The highest BCUT2D eigenvalue weighted by molar-refractivity contribution is 5.92. The molecule has 1 rings (SSSR count). The van der Waals surface area contributed by atoms with Crippen molar-refractivity contribution in [1.82, 2.24) is 9.55 Å². The fourth-order valence-corrected chi connectivity index (χ4v) is 1.77. The highest BCUT2D eigenvalue weighted by atomic mass is 16.5. The third-order valence-corrected chi connectivity index (χ3v) is 2.84. The van der Waals surface area contributed by atoms with Crippen LogP contribution in [0, 0.1) is 0 Å². The van der Waals surface area contributed by atoms with Crippen molar-refractivity contribution in [3.05, 3.63) is 11.5 Å². The molecule has 2 N–H and O–H groups in total. The maximum absolute atomic E-state index is 11.7.